The third-order valence-electron chi connectivity index (χ3n) is 12.2. The van der Waals surface area contributed by atoms with Crippen LogP contribution in [-0.2, 0) is 31.9 Å². The Bertz CT molecular complexity index is 2440. The topological polar surface area (TPSA) is 51.8 Å². The van der Waals surface area contributed by atoms with Gasteiger partial charge in [-0.2, -0.15) is 0 Å². The molecule has 1 radical (unpaired) electrons. The molecule has 3 aromatic carbocycles. The number of hydrogen-bond donors (Lipinski definition) is 0. The van der Waals surface area contributed by atoms with E-state index >= 15 is 0 Å². The third kappa shape index (κ3) is 9.62. The van der Waals surface area contributed by atoms with Gasteiger partial charge in [-0.25, -0.2) is 4.98 Å². The summed E-state index contributed by atoms with van der Waals surface area (Å²) in [5.74, 6) is 1.39. The van der Waals surface area contributed by atoms with E-state index in [1.807, 2.05) is 36.5 Å². The van der Waals surface area contributed by atoms with Crippen LogP contribution in [0, 0.1) is 18.1 Å². The van der Waals surface area contributed by atoms with Crippen LogP contribution in [0.25, 0.3) is 55.8 Å². The summed E-state index contributed by atoms with van der Waals surface area (Å²) in [7, 11) is -1.38. The molecular weight excluding hydrogens is 903 g/mol. The molecule has 0 bridgehead atoms. The Kier molecular flexibility index (Phi) is 14.0. The molecule has 1 aliphatic carbocycles. The first-order valence-corrected chi connectivity index (χ1v) is 24.7. The van der Waals surface area contributed by atoms with Crippen LogP contribution in [-0.4, -0.2) is 23.0 Å². The number of rotatable bonds is 10. The van der Waals surface area contributed by atoms with Crippen LogP contribution in [0.1, 0.15) is 102 Å². The summed E-state index contributed by atoms with van der Waals surface area (Å²) in [5, 5.41) is 3.56. The summed E-state index contributed by atoms with van der Waals surface area (Å²) in [6.45, 7) is 18.7. The van der Waals surface area contributed by atoms with Gasteiger partial charge in [0.1, 0.15) is 0 Å². The van der Waals surface area contributed by atoms with Gasteiger partial charge in [0.2, 0.25) is 5.71 Å². The first-order valence-electron chi connectivity index (χ1n) is 21.2. The van der Waals surface area contributed by atoms with E-state index in [2.05, 4.69) is 138 Å². The van der Waals surface area contributed by atoms with Crippen LogP contribution in [0.5, 0.6) is 0 Å². The molecule has 0 N–H and O–H groups in total. The summed E-state index contributed by atoms with van der Waals surface area (Å²) in [4.78, 5) is 14.3. The first-order chi connectivity index (χ1) is 27.5. The zero-order valence-corrected chi connectivity index (χ0v) is 39.1. The van der Waals surface area contributed by atoms with Crippen LogP contribution in [0.3, 0.4) is 0 Å². The molecule has 6 heteroatoms. The molecule has 0 spiro atoms. The molecule has 0 amide bonds. The summed E-state index contributed by atoms with van der Waals surface area (Å²) in [6, 6.07) is 38.5. The van der Waals surface area contributed by atoms with Crippen LogP contribution in [0.2, 0.25) is 19.6 Å². The number of nitrogens with zero attached hydrogens (tertiary/aromatic N) is 3. The van der Waals surface area contributed by atoms with E-state index in [1.165, 1.54) is 59.5 Å². The minimum atomic E-state index is -1.38. The molecule has 0 atom stereocenters. The Morgan fingerprint density at radius 3 is 2.24 bits per heavy atom. The largest absolute Gasteiger partial charge is 0.486 e. The van der Waals surface area contributed by atoms with Gasteiger partial charge in [0, 0.05) is 43.4 Å². The fraction of sp³-hybridized carbons (Fsp3) is 0.365. The minimum Gasteiger partial charge on any atom is -0.486 e. The summed E-state index contributed by atoms with van der Waals surface area (Å²) in [6.07, 6.45) is 14.2. The molecule has 4 nitrogen and oxygen atoms in total. The predicted octanol–water partition coefficient (Wildman–Crippen LogP) is 13.9. The van der Waals surface area contributed by atoms with Crippen molar-refractivity contribution in [2.24, 2.45) is 5.92 Å². The average molecular weight is 962 g/mol. The predicted molar refractivity (Wildman–Crippen MR) is 243 cm³/mol. The molecule has 8 rings (SSSR count). The van der Waals surface area contributed by atoms with Gasteiger partial charge < -0.3 is 14.4 Å². The van der Waals surface area contributed by atoms with Gasteiger partial charge in [0.05, 0.1) is 19.4 Å². The van der Waals surface area contributed by atoms with E-state index in [-0.39, 0.29) is 25.5 Å². The van der Waals surface area contributed by atoms with Gasteiger partial charge in [0.15, 0.2) is 0 Å². The van der Waals surface area contributed by atoms with Gasteiger partial charge in [-0.3, -0.25) is 0 Å². The Balaban J connectivity index is 0.000000195. The maximum atomic E-state index is 6.30. The Hall–Kier alpha value is -4.22. The van der Waals surface area contributed by atoms with Crippen molar-refractivity contribution in [3.8, 4) is 33.8 Å². The number of furan rings is 1. The number of benzene rings is 3. The summed E-state index contributed by atoms with van der Waals surface area (Å²) in [5.41, 5.74) is 11.9. The molecular formula is C52H59IrN3OSi-2. The Morgan fingerprint density at radius 1 is 0.793 bits per heavy atom. The van der Waals surface area contributed by atoms with Gasteiger partial charge in [-0.1, -0.05) is 132 Å². The molecule has 0 saturated heterocycles. The van der Waals surface area contributed by atoms with Gasteiger partial charge >= 0.3 is 0 Å². The summed E-state index contributed by atoms with van der Waals surface area (Å²) < 4.78 is 6.30. The van der Waals surface area contributed by atoms with Crippen LogP contribution < -0.4 is 5.19 Å². The zero-order chi connectivity index (χ0) is 40.2. The van der Waals surface area contributed by atoms with Crippen molar-refractivity contribution in [1.82, 2.24) is 15.0 Å². The number of hydrogen-bond acceptors (Lipinski definition) is 4. The molecule has 58 heavy (non-hydrogen) atoms. The third-order valence-corrected chi connectivity index (χ3v) is 14.3. The quantitative estimate of drug-likeness (QED) is 0.101. The van der Waals surface area contributed by atoms with Crippen molar-refractivity contribution in [1.29, 1.82) is 0 Å². The summed E-state index contributed by atoms with van der Waals surface area (Å²) >= 11 is 0. The molecule has 0 unspecified atom stereocenters. The van der Waals surface area contributed by atoms with Gasteiger partial charge in [-0.05, 0) is 89.7 Å². The standard InChI is InChI=1S/C28H25N2O.C24H34NSi.Ir/c1-4-28(3,5-2)20-16-17-29-25(18-20)23-13-9-12-21-22-14-15-24(19-10-7-6-8-11-19)30-27(22)31-26(21)23;1-18(2)14-22-16-23(25-17-24(22)26(3,4)5)21-13-9-12-20(15-21)19-10-7-6-8-11-19;/h6-12,14-18H,4-5H2,1-3H3;9,12,15-19H,6-8,10-11,14H2,1-5H3;/q2*-1;. The number of fused-ring (bicyclic) bond motifs is 3. The maximum Gasteiger partial charge on any atom is 0.216 e. The van der Waals surface area contributed by atoms with Crippen molar-refractivity contribution in [3.05, 3.63) is 132 Å². The second-order valence-corrected chi connectivity index (χ2v) is 22.8. The first kappa shape index (κ1) is 43.4. The Morgan fingerprint density at radius 2 is 1.53 bits per heavy atom. The molecule has 0 aliphatic heterocycles. The monoisotopic (exact) mass is 962 g/mol. The molecule has 7 aromatic rings. The molecule has 4 aromatic heterocycles. The second-order valence-electron chi connectivity index (χ2n) is 17.8. The molecule has 1 aliphatic rings. The van der Waals surface area contributed by atoms with Crippen LogP contribution >= 0.6 is 0 Å². The fourth-order valence-electron chi connectivity index (χ4n) is 8.43. The minimum absolute atomic E-state index is 0. The smallest absolute Gasteiger partial charge is 0.216 e. The zero-order valence-electron chi connectivity index (χ0n) is 35.7. The van der Waals surface area contributed by atoms with Crippen LogP contribution in [0.15, 0.2) is 108 Å². The van der Waals surface area contributed by atoms with E-state index in [9.17, 15) is 0 Å². The van der Waals surface area contributed by atoms with Crippen molar-refractivity contribution in [3.63, 3.8) is 0 Å². The molecule has 1 fully saturated rings. The van der Waals surface area contributed by atoms with E-state index in [0.717, 1.165) is 69.7 Å². The van der Waals surface area contributed by atoms with Crippen molar-refractivity contribution in [2.45, 2.75) is 117 Å². The maximum absolute atomic E-state index is 6.30. The number of pyridine rings is 3. The van der Waals surface area contributed by atoms with Crippen molar-refractivity contribution >= 4 is 35.3 Å². The SMILES string of the molecule is CC(C)Cc1cc(-c2[c-]ccc(C3CCCCC3)c2)ncc1[Si](C)(C)C.CCC(C)(CC)c1ccnc(-c2[c-]ccc3c2oc2nc(-c4ccccc4)ccc23)c1.[Ir]. The van der Waals surface area contributed by atoms with Gasteiger partial charge in [0.25, 0.3) is 0 Å². The van der Waals surface area contributed by atoms with E-state index in [4.69, 9.17) is 14.4 Å². The number of aromatic nitrogens is 3. The van der Waals surface area contributed by atoms with Gasteiger partial charge in [-0.15, -0.1) is 53.6 Å². The molecule has 1 saturated carbocycles. The normalized spacial score (nSPS) is 13.7. The van der Waals surface area contributed by atoms with E-state index < -0.39 is 8.07 Å². The molecule has 303 valence electrons. The Labute approximate surface area is 361 Å². The fourth-order valence-corrected chi connectivity index (χ4v) is 10.0. The van der Waals surface area contributed by atoms with Crippen LogP contribution in [0.4, 0.5) is 0 Å². The molecule has 4 heterocycles. The van der Waals surface area contributed by atoms with Crippen molar-refractivity contribution < 1.29 is 24.5 Å². The van der Waals surface area contributed by atoms with E-state index in [1.54, 1.807) is 0 Å². The average Bonchev–Trinajstić information content (AvgIpc) is 3.62. The van der Waals surface area contributed by atoms with E-state index in [0.29, 0.717) is 11.6 Å². The second kappa shape index (κ2) is 18.8. The van der Waals surface area contributed by atoms with Crippen molar-refractivity contribution in [2.75, 3.05) is 0 Å².